The summed E-state index contributed by atoms with van der Waals surface area (Å²) in [5.41, 5.74) is 5.35. The summed E-state index contributed by atoms with van der Waals surface area (Å²) in [7, 11) is 0. The van der Waals surface area contributed by atoms with Crippen molar-refractivity contribution in [1.29, 1.82) is 0 Å². The largest absolute Gasteiger partial charge is 0.396 e. The van der Waals surface area contributed by atoms with Gasteiger partial charge in [-0.05, 0) is 42.4 Å². The molecule has 0 heterocycles. The van der Waals surface area contributed by atoms with Gasteiger partial charge < -0.3 is 10.4 Å². The fourth-order valence-electron chi connectivity index (χ4n) is 1.97. The fourth-order valence-corrected chi connectivity index (χ4v) is 1.97. The van der Waals surface area contributed by atoms with E-state index in [4.69, 9.17) is 5.11 Å². The third-order valence-corrected chi connectivity index (χ3v) is 3.04. The highest BCUT2D eigenvalue weighted by Gasteiger charge is 2.15. The van der Waals surface area contributed by atoms with E-state index < -0.39 is 0 Å². The van der Waals surface area contributed by atoms with Crippen LogP contribution >= 0.6 is 0 Å². The molecule has 0 amide bonds. The first-order valence-electron chi connectivity index (χ1n) is 6.32. The number of anilines is 1. The lowest BCUT2D eigenvalue weighted by Gasteiger charge is -2.22. The van der Waals surface area contributed by atoms with Gasteiger partial charge in [0.2, 0.25) is 0 Å². The van der Waals surface area contributed by atoms with Gasteiger partial charge in [-0.3, -0.25) is 0 Å². The van der Waals surface area contributed by atoms with Gasteiger partial charge in [0.15, 0.2) is 0 Å². The lowest BCUT2D eigenvalue weighted by molar-refractivity contribution is 0.292. The predicted molar refractivity (Wildman–Crippen MR) is 74.8 cm³/mol. The molecule has 0 atom stereocenters. The minimum atomic E-state index is 0.194. The second-order valence-electron chi connectivity index (χ2n) is 5.74. The van der Waals surface area contributed by atoms with Crippen LogP contribution in [-0.2, 0) is 5.41 Å². The van der Waals surface area contributed by atoms with E-state index in [0.717, 1.165) is 13.0 Å². The topological polar surface area (TPSA) is 32.3 Å². The summed E-state index contributed by atoms with van der Waals surface area (Å²) in [6.07, 6.45) is 0.792. The van der Waals surface area contributed by atoms with E-state index >= 15 is 0 Å². The molecule has 2 heteroatoms. The molecule has 0 unspecified atom stereocenters. The Labute approximate surface area is 105 Å². The van der Waals surface area contributed by atoms with Crippen LogP contribution in [0.1, 0.15) is 43.9 Å². The van der Waals surface area contributed by atoms with E-state index in [1.54, 1.807) is 0 Å². The maximum atomic E-state index is 8.79. The van der Waals surface area contributed by atoms with Gasteiger partial charge in [0.05, 0.1) is 0 Å². The first-order chi connectivity index (χ1) is 7.86. The molecule has 0 saturated carbocycles. The lowest BCUT2D eigenvalue weighted by Crippen LogP contribution is -2.13. The average molecular weight is 235 g/mol. The lowest BCUT2D eigenvalue weighted by atomic mass is 9.85. The second-order valence-corrected chi connectivity index (χ2v) is 5.74. The molecule has 0 aliphatic carbocycles. The van der Waals surface area contributed by atoms with Crippen molar-refractivity contribution in [1.82, 2.24) is 0 Å². The van der Waals surface area contributed by atoms with Crippen LogP contribution in [0.2, 0.25) is 0 Å². The summed E-state index contributed by atoms with van der Waals surface area (Å²) in [5, 5.41) is 12.2. The first kappa shape index (κ1) is 14.0. The van der Waals surface area contributed by atoms with E-state index in [2.05, 4.69) is 52.1 Å². The second kappa shape index (κ2) is 5.54. The Balaban J connectivity index is 2.95. The van der Waals surface area contributed by atoms with Crippen molar-refractivity contribution in [3.05, 3.63) is 28.8 Å². The molecule has 1 rings (SSSR count). The van der Waals surface area contributed by atoms with Crippen LogP contribution < -0.4 is 5.32 Å². The van der Waals surface area contributed by atoms with Gasteiger partial charge in [-0.2, -0.15) is 0 Å². The number of nitrogens with one attached hydrogen (secondary N) is 1. The summed E-state index contributed by atoms with van der Waals surface area (Å²) in [4.78, 5) is 0. The number of hydrogen-bond donors (Lipinski definition) is 2. The van der Waals surface area contributed by atoms with Gasteiger partial charge in [0.1, 0.15) is 0 Å². The van der Waals surface area contributed by atoms with E-state index in [-0.39, 0.29) is 12.0 Å². The predicted octanol–water partition coefficient (Wildman–Crippen LogP) is 3.40. The van der Waals surface area contributed by atoms with Crippen LogP contribution in [0.4, 0.5) is 5.69 Å². The van der Waals surface area contributed by atoms with Gasteiger partial charge in [0.25, 0.3) is 0 Å². The maximum Gasteiger partial charge on any atom is 0.0447 e. The number of rotatable bonds is 4. The average Bonchev–Trinajstić information content (AvgIpc) is 2.20. The molecule has 0 spiro atoms. The Kier molecular flexibility index (Phi) is 4.58. The zero-order chi connectivity index (χ0) is 13.1. The molecule has 2 nitrogen and oxygen atoms in total. The summed E-state index contributed by atoms with van der Waals surface area (Å²) < 4.78 is 0. The maximum absolute atomic E-state index is 8.79. The Morgan fingerprint density at radius 1 is 1.12 bits per heavy atom. The minimum Gasteiger partial charge on any atom is -0.396 e. The standard InChI is InChI=1S/C15H25NO/c1-11-9-13(15(3,4)5)10-12(2)14(11)16-7-6-8-17/h9-10,16-17H,6-8H2,1-5H3. The molecule has 1 aromatic rings. The molecule has 96 valence electrons. The first-order valence-corrected chi connectivity index (χ1v) is 6.32. The van der Waals surface area contributed by atoms with Gasteiger partial charge in [-0.1, -0.05) is 32.9 Å². The molecule has 0 aliphatic rings. The van der Waals surface area contributed by atoms with E-state index in [1.807, 2.05) is 0 Å². The molecule has 0 fully saturated rings. The molecule has 1 aromatic carbocycles. The van der Waals surface area contributed by atoms with Crippen molar-refractivity contribution in [2.75, 3.05) is 18.5 Å². The highest BCUT2D eigenvalue weighted by molar-refractivity contribution is 5.59. The van der Waals surface area contributed by atoms with E-state index in [9.17, 15) is 0 Å². The zero-order valence-corrected chi connectivity index (χ0v) is 11.7. The van der Waals surface area contributed by atoms with Gasteiger partial charge >= 0.3 is 0 Å². The number of aliphatic hydroxyl groups is 1. The summed E-state index contributed by atoms with van der Waals surface area (Å²) in [6, 6.07) is 4.52. The van der Waals surface area contributed by atoms with Gasteiger partial charge in [-0.15, -0.1) is 0 Å². The zero-order valence-electron chi connectivity index (χ0n) is 11.7. The number of aliphatic hydroxyl groups excluding tert-OH is 1. The van der Waals surface area contributed by atoms with Crippen molar-refractivity contribution >= 4 is 5.69 Å². The summed E-state index contributed by atoms with van der Waals surface area (Å²) in [6.45, 7) is 12.1. The van der Waals surface area contributed by atoms with Gasteiger partial charge in [-0.25, -0.2) is 0 Å². The van der Waals surface area contributed by atoms with Crippen LogP contribution in [0.5, 0.6) is 0 Å². The van der Waals surface area contributed by atoms with Crippen LogP contribution in [0, 0.1) is 13.8 Å². The molecular weight excluding hydrogens is 210 g/mol. The van der Waals surface area contributed by atoms with Crippen LogP contribution in [0.25, 0.3) is 0 Å². The number of aryl methyl sites for hydroxylation is 2. The van der Waals surface area contributed by atoms with Gasteiger partial charge in [0, 0.05) is 18.8 Å². The van der Waals surface area contributed by atoms with E-state index in [0.29, 0.717) is 0 Å². The molecule has 17 heavy (non-hydrogen) atoms. The quantitative estimate of drug-likeness (QED) is 0.784. The molecule has 0 bridgehead atoms. The van der Waals surface area contributed by atoms with Crippen LogP contribution in [0.15, 0.2) is 12.1 Å². The smallest absolute Gasteiger partial charge is 0.0447 e. The molecule has 0 aromatic heterocycles. The van der Waals surface area contributed by atoms with Crippen molar-refractivity contribution in [2.45, 2.75) is 46.5 Å². The normalized spacial score (nSPS) is 11.6. The van der Waals surface area contributed by atoms with Crippen molar-refractivity contribution in [2.24, 2.45) is 0 Å². The summed E-state index contributed by atoms with van der Waals surface area (Å²) >= 11 is 0. The molecule has 0 saturated heterocycles. The third kappa shape index (κ3) is 3.74. The molecular formula is C15H25NO. The van der Waals surface area contributed by atoms with Crippen LogP contribution in [0.3, 0.4) is 0 Å². The minimum absolute atomic E-state index is 0.194. The highest BCUT2D eigenvalue weighted by atomic mass is 16.3. The molecule has 0 aliphatic heterocycles. The Morgan fingerprint density at radius 3 is 2.06 bits per heavy atom. The third-order valence-electron chi connectivity index (χ3n) is 3.04. The van der Waals surface area contributed by atoms with Crippen molar-refractivity contribution in [3.63, 3.8) is 0 Å². The summed E-state index contributed by atoms with van der Waals surface area (Å²) in [5.74, 6) is 0. The highest BCUT2D eigenvalue weighted by Crippen LogP contribution is 2.29. The van der Waals surface area contributed by atoms with E-state index in [1.165, 1.54) is 22.4 Å². The molecule has 2 N–H and O–H groups in total. The number of hydrogen-bond acceptors (Lipinski definition) is 2. The molecule has 0 radical (unpaired) electrons. The SMILES string of the molecule is Cc1cc(C(C)(C)C)cc(C)c1NCCCO. The number of benzene rings is 1. The Hall–Kier alpha value is -1.02. The Morgan fingerprint density at radius 2 is 1.65 bits per heavy atom. The fraction of sp³-hybridized carbons (Fsp3) is 0.600. The van der Waals surface area contributed by atoms with Crippen molar-refractivity contribution < 1.29 is 5.11 Å². The van der Waals surface area contributed by atoms with Crippen LogP contribution in [-0.4, -0.2) is 18.3 Å². The van der Waals surface area contributed by atoms with Crippen molar-refractivity contribution in [3.8, 4) is 0 Å². The monoisotopic (exact) mass is 235 g/mol. The Bertz CT molecular complexity index is 354.